The van der Waals surface area contributed by atoms with Gasteiger partial charge in [-0.2, -0.15) is 0 Å². The lowest BCUT2D eigenvalue weighted by molar-refractivity contribution is -0.138. The Bertz CT molecular complexity index is 881. The predicted molar refractivity (Wildman–Crippen MR) is 99.3 cm³/mol. The van der Waals surface area contributed by atoms with Gasteiger partial charge in [-0.1, -0.05) is 12.1 Å². The summed E-state index contributed by atoms with van der Waals surface area (Å²) < 4.78 is 19.8. The minimum Gasteiger partial charge on any atom is -0.492 e. The maximum absolute atomic E-state index is 14.3. The van der Waals surface area contributed by atoms with Gasteiger partial charge in [-0.15, -0.1) is 0 Å². The van der Waals surface area contributed by atoms with Crippen LogP contribution in [0.3, 0.4) is 0 Å². The quantitative estimate of drug-likeness (QED) is 0.620. The first-order valence-corrected chi connectivity index (χ1v) is 8.56. The number of aromatic nitrogens is 1. The molecule has 1 fully saturated rings. The number of benzene rings is 1. The molecule has 1 saturated carbocycles. The zero-order valence-corrected chi connectivity index (χ0v) is 14.6. The van der Waals surface area contributed by atoms with E-state index >= 15 is 0 Å². The summed E-state index contributed by atoms with van der Waals surface area (Å²) in [6.45, 7) is 0.282. The number of nitrogens with one attached hydrogen (secondary N) is 1. The van der Waals surface area contributed by atoms with Crippen LogP contribution in [0.25, 0.3) is 5.70 Å². The average Bonchev–Trinajstić information content (AvgIpc) is 3.45. The first-order chi connectivity index (χ1) is 13.0. The predicted octanol–water partition coefficient (Wildman–Crippen LogP) is 2.98. The largest absolute Gasteiger partial charge is 0.492 e. The molecule has 0 aliphatic heterocycles. The molecular formula is C20H20FN3O3. The minimum absolute atomic E-state index is 0.0824. The van der Waals surface area contributed by atoms with Gasteiger partial charge in [0.1, 0.15) is 11.6 Å². The third-order valence-corrected chi connectivity index (χ3v) is 4.55. The van der Waals surface area contributed by atoms with Gasteiger partial charge in [-0.05, 0) is 47.7 Å². The number of carbonyl (C=O) groups is 1. The van der Waals surface area contributed by atoms with Crippen LogP contribution >= 0.6 is 0 Å². The maximum Gasteiger partial charge on any atom is 0.307 e. The van der Waals surface area contributed by atoms with Gasteiger partial charge in [0.05, 0.1) is 30.1 Å². The minimum atomic E-state index is -0.826. The Hall–Kier alpha value is -3.22. The summed E-state index contributed by atoms with van der Waals surface area (Å²) in [6, 6.07) is 8.31. The normalized spacial score (nSPS) is 18.8. The third-order valence-electron chi connectivity index (χ3n) is 4.55. The lowest BCUT2D eigenvalue weighted by Gasteiger charge is -2.09. The van der Waals surface area contributed by atoms with Crippen LogP contribution in [0.5, 0.6) is 5.75 Å². The van der Waals surface area contributed by atoms with E-state index in [-0.39, 0.29) is 18.3 Å². The number of ether oxygens (including phenoxy) is 1. The molecular weight excluding hydrogens is 349 g/mol. The van der Waals surface area contributed by atoms with E-state index in [1.165, 1.54) is 18.3 Å². The number of pyridine rings is 1. The number of nitrogens with two attached hydrogens (primary N) is 1. The highest BCUT2D eigenvalue weighted by molar-refractivity contribution is 5.80. The van der Waals surface area contributed by atoms with Crippen molar-refractivity contribution in [2.24, 2.45) is 11.7 Å². The number of aliphatic carboxylic acids is 1. The summed E-state index contributed by atoms with van der Waals surface area (Å²) >= 11 is 0. The van der Waals surface area contributed by atoms with E-state index < -0.39 is 11.9 Å². The van der Waals surface area contributed by atoms with Crippen molar-refractivity contribution in [1.29, 1.82) is 5.41 Å². The molecule has 0 bridgehead atoms. The van der Waals surface area contributed by atoms with Crippen LogP contribution in [0.1, 0.15) is 29.2 Å². The number of allylic oxidation sites excluding steroid dienone is 1. The lowest BCUT2D eigenvalue weighted by atomic mass is 10.0. The molecule has 1 aliphatic rings. The second-order valence-electron chi connectivity index (χ2n) is 6.40. The number of carboxylic acid groups (broad SMARTS) is 1. The summed E-state index contributed by atoms with van der Waals surface area (Å²) in [5.74, 6) is -1.10. The number of rotatable bonds is 8. The van der Waals surface area contributed by atoms with Crippen molar-refractivity contribution in [3.05, 3.63) is 65.2 Å². The molecule has 0 radical (unpaired) electrons. The lowest BCUT2D eigenvalue weighted by Crippen LogP contribution is -2.05. The smallest absolute Gasteiger partial charge is 0.307 e. The van der Waals surface area contributed by atoms with Crippen LogP contribution in [-0.2, 0) is 11.2 Å². The first-order valence-electron chi connectivity index (χ1n) is 8.56. The molecule has 4 N–H and O–H groups in total. The van der Waals surface area contributed by atoms with Gasteiger partial charge in [0.15, 0.2) is 0 Å². The van der Waals surface area contributed by atoms with Gasteiger partial charge in [0.25, 0.3) is 0 Å². The molecule has 2 atom stereocenters. The van der Waals surface area contributed by atoms with Crippen molar-refractivity contribution in [2.45, 2.75) is 18.8 Å². The summed E-state index contributed by atoms with van der Waals surface area (Å²) in [5, 5.41) is 16.0. The maximum atomic E-state index is 14.3. The summed E-state index contributed by atoms with van der Waals surface area (Å²) in [4.78, 5) is 15.1. The summed E-state index contributed by atoms with van der Waals surface area (Å²) in [6.07, 6.45) is 5.01. The SMILES string of the molecule is N=C/C=C(\N)c1ccc(OCCc2ccc(C3CC3C(=O)O)cc2F)cn1. The molecule has 0 spiro atoms. The van der Waals surface area contributed by atoms with Crippen LogP contribution in [0.15, 0.2) is 42.6 Å². The van der Waals surface area contributed by atoms with E-state index in [1.54, 1.807) is 24.3 Å². The highest BCUT2D eigenvalue weighted by Gasteiger charge is 2.44. The Balaban J connectivity index is 1.54. The molecule has 6 nitrogen and oxygen atoms in total. The molecule has 7 heteroatoms. The monoisotopic (exact) mass is 369 g/mol. The molecule has 1 heterocycles. The van der Waals surface area contributed by atoms with Crippen LogP contribution < -0.4 is 10.5 Å². The third kappa shape index (κ3) is 4.49. The second kappa shape index (κ2) is 7.99. The number of halogens is 1. The van der Waals surface area contributed by atoms with Crippen LogP contribution in [0.4, 0.5) is 4.39 Å². The Kier molecular flexibility index (Phi) is 5.49. The Morgan fingerprint density at radius 3 is 2.81 bits per heavy atom. The fourth-order valence-electron chi connectivity index (χ4n) is 2.92. The first kappa shape index (κ1) is 18.6. The van der Waals surface area contributed by atoms with Gasteiger partial charge in [0.2, 0.25) is 0 Å². The van der Waals surface area contributed by atoms with E-state index in [4.69, 9.17) is 21.0 Å². The van der Waals surface area contributed by atoms with Crippen molar-refractivity contribution >= 4 is 17.9 Å². The van der Waals surface area contributed by atoms with Crippen molar-refractivity contribution < 1.29 is 19.0 Å². The van der Waals surface area contributed by atoms with Gasteiger partial charge in [0, 0.05) is 12.6 Å². The van der Waals surface area contributed by atoms with Crippen LogP contribution in [0, 0.1) is 17.1 Å². The summed E-state index contributed by atoms with van der Waals surface area (Å²) in [5.41, 5.74) is 7.94. The van der Waals surface area contributed by atoms with Gasteiger partial charge < -0.3 is 21.0 Å². The average molecular weight is 369 g/mol. The van der Waals surface area contributed by atoms with E-state index in [0.717, 1.165) is 11.8 Å². The van der Waals surface area contributed by atoms with Gasteiger partial charge in [-0.3, -0.25) is 9.78 Å². The molecule has 3 rings (SSSR count). The van der Waals surface area contributed by atoms with E-state index in [9.17, 15) is 9.18 Å². The molecule has 2 unspecified atom stereocenters. The molecule has 0 amide bonds. The second-order valence-corrected chi connectivity index (χ2v) is 6.40. The highest BCUT2D eigenvalue weighted by Crippen LogP contribution is 2.47. The van der Waals surface area contributed by atoms with Crippen molar-refractivity contribution in [3.8, 4) is 5.75 Å². The zero-order chi connectivity index (χ0) is 19.4. The van der Waals surface area contributed by atoms with Crippen LogP contribution in [0.2, 0.25) is 0 Å². The zero-order valence-electron chi connectivity index (χ0n) is 14.6. The van der Waals surface area contributed by atoms with E-state index in [0.29, 0.717) is 35.5 Å². The molecule has 140 valence electrons. The number of hydrogen-bond donors (Lipinski definition) is 3. The van der Waals surface area contributed by atoms with Crippen LogP contribution in [-0.4, -0.2) is 28.9 Å². The van der Waals surface area contributed by atoms with Gasteiger partial charge >= 0.3 is 5.97 Å². The standard InChI is InChI=1S/C20H20FN3O3/c21-17-9-13(15-10-16(15)20(25)26)2-1-12(17)6-8-27-14-3-4-19(24-11-14)18(23)5-7-22/h1-5,7,9,11,15-16,22H,6,8,10,23H2,(H,25,26)/b18-5-,22-7?. The van der Waals surface area contributed by atoms with Crippen molar-refractivity contribution in [3.63, 3.8) is 0 Å². The van der Waals surface area contributed by atoms with Gasteiger partial charge in [-0.25, -0.2) is 4.39 Å². The fourth-order valence-corrected chi connectivity index (χ4v) is 2.92. The highest BCUT2D eigenvalue weighted by atomic mass is 19.1. The molecule has 1 aromatic carbocycles. The van der Waals surface area contributed by atoms with Crippen molar-refractivity contribution in [1.82, 2.24) is 4.98 Å². The Morgan fingerprint density at radius 1 is 1.41 bits per heavy atom. The number of hydrogen-bond acceptors (Lipinski definition) is 5. The van der Waals surface area contributed by atoms with Crippen molar-refractivity contribution in [2.75, 3.05) is 6.61 Å². The van der Waals surface area contributed by atoms with E-state index in [2.05, 4.69) is 4.98 Å². The molecule has 0 saturated heterocycles. The number of carboxylic acids is 1. The summed E-state index contributed by atoms with van der Waals surface area (Å²) in [7, 11) is 0. The Labute approximate surface area is 156 Å². The Morgan fingerprint density at radius 2 is 2.22 bits per heavy atom. The topological polar surface area (TPSA) is 109 Å². The molecule has 2 aromatic rings. The molecule has 27 heavy (non-hydrogen) atoms. The van der Waals surface area contributed by atoms with E-state index in [1.807, 2.05) is 0 Å². The molecule has 1 aliphatic carbocycles. The number of nitrogens with zero attached hydrogens (tertiary/aromatic N) is 1. The molecule has 1 aromatic heterocycles. The fraction of sp³-hybridized carbons (Fsp3) is 0.250.